The second-order valence-corrected chi connectivity index (χ2v) is 2.74. The summed E-state index contributed by atoms with van der Waals surface area (Å²) in [6, 6.07) is 1.51. The van der Waals surface area contributed by atoms with E-state index >= 15 is 0 Å². The van der Waals surface area contributed by atoms with Gasteiger partial charge in [0.2, 0.25) is 5.83 Å². The second-order valence-electron chi connectivity index (χ2n) is 2.74. The zero-order chi connectivity index (χ0) is 11.3. The van der Waals surface area contributed by atoms with Crippen LogP contribution in [0.5, 0.6) is 0 Å². The van der Waals surface area contributed by atoms with Gasteiger partial charge in [0.05, 0.1) is 12.3 Å². The summed E-state index contributed by atoms with van der Waals surface area (Å²) in [5.41, 5.74) is 0.341. The third-order valence-corrected chi connectivity index (χ3v) is 1.54. The number of rotatable bonds is 3. The van der Waals surface area contributed by atoms with Gasteiger partial charge in [-0.3, -0.25) is 0 Å². The Hall–Kier alpha value is -1.78. The molecule has 1 heterocycles. The van der Waals surface area contributed by atoms with Crippen LogP contribution in [0.3, 0.4) is 0 Å². The highest BCUT2D eigenvalue weighted by molar-refractivity contribution is 5.90. The van der Waals surface area contributed by atoms with Gasteiger partial charge in [-0.05, 0) is 19.9 Å². The third kappa shape index (κ3) is 3.46. The molecule has 80 valence electrons. The van der Waals surface area contributed by atoms with Gasteiger partial charge < -0.3 is 4.74 Å². The predicted octanol–water partition coefficient (Wildman–Crippen LogP) is 1.66. The zero-order valence-corrected chi connectivity index (χ0v) is 8.53. The number of aryl methyl sites for hydroxylation is 1. The highest BCUT2D eigenvalue weighted by Crippen LogP contribution is 2.07. The lowest BCUT2D eigenvalue weighted by molar-refractivity contribution is -0.140. The van der Waals surface area contributed by atoms with Crippen LogP contribution in [0.15, 0.2) is 18.1 Å². The molecule has 1 aromatic rings. The van der Waals surface area contributed by atoms with E-state index in [2.05, 4.69) is 14.7 Å². The molecular formula is C10H11FN2O2. The lowest BCUT2D eigenvalue weighted by atomic mass is 10.3. The number of aromatic nitrogens is 2. The summed E-state index contributed by atoms with van der Waals surface area (Å²) < 4.78 is 17.6. The maximum atomic E-state index is 13.1. The minimum Gasteiger partial charge on any atom is -0.461 e. The number of nitrogens with zero attached hydrogens (tertiary/aromatic N) is 2. The molecule has 0 saturated heterocycles. The van der Waals surface area contributed by atoms with E-state index in [1.807, 2.05) is 0 Å². The van der Waals surface area contributed by atoms with Gasteiger partial charge in [-0.15, -0.1) is 0 Å². The Kier molecular flexibility index (Phi) is 3.91. The van der Waals surface area contributed by atoms with E-state index in [-0.39, 0.29) is 6.61 Å². The first-order valence-electron chi connectivity index (χ1n) is 4.47. The zero-order valence-electron chi connectivity index (χ0n) is 8.53. The molecule has 15 heavy (non-hydrogen) atoms. The number of hydrogen-bond donors (Lipinski definition) is 0. The molecule has 4 nitrogen and oxygen atoms in total. The van der Waals surface area contributed by atoms with Gasteiger partial charge in [-0.1, -0.05) is 0 Å². The van der Waals surface area contributed by atoms with Crippen molar-refractivity contribution in [3.63, 3.8) is 0 Å². The van der Waals surface area contributed by atoms with Crippen molar-refractivity contribution in [1.29, 1.82) is 0 Å². The standard InChI is InChI=1S/C10H11FN2O2/c1-3-15-10(14)9(11)6-8-4-5-12-7(2)13-8/h4-6H,3H2,1-2H3/b9-6-. The molecule has 0 spiro atoms. The number of carbonyl (C=O) groups excluding carboxylic acids is 1. The first kappa shape index (κ1) is 11.3. The van der Waals surface area contributed by atoms with Crippen LogP contribution in [0, 0.1) is 6.92 Å². The summed E-state index contributed by atoms with van der Waals surface area (Å²) in [7, 11) is 0. The molecule has 0 radical (unpaired) electrons. The van der Waals surface area contributed by atoms with Crippen molar-refractivity contribution < 1.29 is 13.9 Å². The van der Waals surface area contributed by atoms with Crippen LogP contribution in [0.1, 0.15) is 18.4 Å². The van der Waals surface area contributed by atoms with Gasteiger partial charge in [-0.25, -0.2) is 14.8 Å². The fraction of sp³-hybridized carbons (Fsp3) is 0.300. The van der Waals surface area contributed by atoms with Crippen molar-refractivity contribution in [1.82, 2.24) is 9.97 Å². The van der Waals surface area contributed by atoms with Gasteiger partial charge in [0.25, 0.3) is 0 Å². The number of esters is 1. The minimum absolute atomic E-state index is 0.142. The Morgan fingerprint density at radius 1 is 1.67 bits per heavy atom. The van der Waals surface area contributed by atoms with Crippen LogP contribution >= 0.6 is 0 Å². The van der Waals surface area contributed by atoms with E-state index in [1.165, 1.54) is 12.3 Å². The number of hydrogen-bond acceptors (Lipinski definition) is 4. The number of halogens is 1. The molecule has 0 unspecified atom stereocenters. The number of carbonyl (C=O) groups is 1. The molecule has 0 aromatic carbocycles. The maximum Gasteiger partial charge on any atom is 0.367 e. The lowest BCUT2D eigenvalue weighted by Crippen LogP contribution is -2.04. The van der Waals surface area contributed by atoms with E-state index in [0.29, 0.717) is 11.5 Å². The topological polar surface area (TPSA) is 52.1 Å². The monoisotopic (exact) mass is 210 g/mol. The normalized spacial score (nSPS) is 11.3. The quantitative estimate of drug-likeness (QED) is 0.562. The summed E-state index contributed by atoms with van der Waals surface area (Å²) in [6.07, 6.45) is 2.51. The largest absolute Gasteiger partial charge is 0.461 e. The van der Waals surface area contributed by atoms with E-state index in [9.17, 15) is 9.18 Å². The summed E-state index contributed by atoms with van der Waals surface area (Å²) in [5, 5.41) is 0. The number of ether oxygens (including phenoxy) is 1. The van der Waals surface area contributed by atoms with Gasteiger partial charge in [-0.2, -0.15) is 4.39 Å². The summed E-state index contributed by atoms with van der Waals surface area (Å²) in [6.45, 7) is 3.43. The molecular weight excluding hydrogens is 199 g/mol. The molecule has 5 heteroatoms. The Morgan fingerprint density at radius 3 is 3.00 bits per heavy atom. The summed E-state index contributed by atoms with van der Waals surface area (Å²) >= 11 is 0. The third-order valence-electron chi connectivity index (χ3n) is 1.54. The average Bonchev–Trinajstić information content (AvgIpc) is 2.18. The van der Waals surface area contributed by atoms with Crippen LogP contribution in [0.2, 0.25) is 0 Å². The Labute approximate surface area is 86.8 Å². The average molecular weight is 210 g/mol. The molecule has 0 aliphatic heterocycles. The van der Waals surface area contributed by atoms with Gasteiger partial charge in [0, 0.05) is 12.3 Å². The molecule has 0 aliphatic carbocycles. The molecule has 0 N–H and O–H groups in total. The second kappa shape index (κ2) is 5.19. The fourth-order valence-corrected chi connectivity index (χ4v) is 0.944. The van der Waals surface area contributed by atoms with Crippen LogP contribution in [0.25, 0.3) is 6.08 Å². The Bertz CT molecular complexity index is 391. The molecule has 0 fully saturated rings. The van der Waals surface area contributed by atoms with Crippen molar-refractivity contribution in [3.8, 4) is 0 Å². The molecule has 1 aromatic heterocycles. The first-order chi connectivity index (χ1) is 7.13. The van der Waals surface area contributed by atoms with Crippen molar-refractivity contribution in [3.05, 3.63) is 29.6 Å². The van der Waals surface area contributed by atoms with Crippen LogP contribution < -0.4 is 0 Å². The molecule has 0 atom stereocenters. The van der Waals surface area contributed by atoms with Crippen LogP contribution in [-0.4, -0.2) is 22.5 Å². The molecule has 0 amide bonds. The molecule has 0 bridgehead atoms. The molecule has 0 saturated carbocycles. The van der Waals surface area contributed by atoms with E-state index in [0.717, 1.165) is 6.08 Å². The van der Waals surface area contributed by atoms with Crippen molar-refractivity contribution in [2.75, 3.05) is 6.61 Å². The van der Waals surface area contributed by atoms with E-state index in [4.69, 9.17) is 0 Å². The predicted molar refractivity (Wildman–Crippen MR) is 52.5 cm³/mol. The summed E-state index contributed by atoms with van der Waals surface area (Å²) in [4.78, 5) is 18.7. The molecule has 0 aliphatic rings. The van der Waals surface area contributed by atoms with Crippen LogP contribution in [0.4, 0.5) is 4.39 Å². The summed E-state index contributed by atoms with van der Waals surface area (Å²) in [5.74, 6) is -1.43. The van der Waals surface area contributed by atoms with Gasteiger partial charge >= 0.3 is 5.97 Å². The molecule has 1 rings (SSSR count). The maximum absolute atomic E-state index is 13.1. The fourth-order valence-electron chi connectivity index (χ4n) is 0.944. The Morgan fingerprint density at radius 2 is 2.40 bits per heavy atom. The highest BCUT2D eigenvalue weighted by Gasteiger charge is 2.09. The highest BCUT2D eigenvalue weighted by atomic mass is 19.1. The first-order valence-corrected chi connectivity index (χ1v) is 4.47. The SMILES string of the molecule is CCOC(=O)/C(F)=C/c1ccnc(C)n1. The lowest BCUT2D eigenvalue weighted by Gasteiger charge is -1.98. The minimum atomic E-state index is -0.978. The van der Waals surface area contributed by atoms with Crippen molar-refractivity contribution in [2.45, 2.75) is 13.8 Å². The van der Waals surface area contributed by atoms with Crippen molar-refractivity contribution >= 4 is 12.0 Å². The van der Waals surface area contributed by atoms with Crippen molar-refractivity contribution in [2.24, 2.45) is 0 Å². The van der Waals surface area contributed by atoms with Gasteiger partial charge in [0.1, 0.15) is 5.82 Å². The van der Waals surface area contributed by atoms with Crippen LogP contribution in [-0.2, 0) is 9.53 Å². The Balaban J connectivity index is 2.82. The van der Waals surface area contributed by atoms with E-state index in [1.54, 1.807) is 13.8 Å². The van der Waals surface area contributed by atoms with Gasteiger partial charge in [0.15, 0.2) is 0 Å². The smallest absolute Gasteiger partial charge is 0.367 e. The van der Waals surface area contributed by atoms with E-state index < -0.39 is 11.8 Å².